The molecule has 3 aromatic rings. The van der Waals surface area contributed by atoms with Crippen LogP contribution in [0.3, 0.4) is 0 Å². The molecule has 1 amide bonds. The summed E-state index contributed by atoms with van der Waals surface area (Å²) >= 11 is 0. The molecule has 2 aliphatic carbocycles. The molecule has 2 unspecified atom stereocenters. The number of rotatable bonds is 7. The van der Waals surface area contributed by atoms with Crippen molar-refractivity contribution in [2.45, 2.75) is 56.0 Å². The fraction of sp³-hybridized carbons (Fsp3) is 0.500. The number of aromatic nitrogens is 3. The van der Waals surface area contributed by atoms with Gasteiger partial charge in [-0.05, 0) is 80.6 Å². The van der Waals surface area contributed by atoms with Crippen molar-refractivity contribution in [3.63, 3.8) is 0 Å². The van der Waals surface area contributed by atoms with Crippen molar-refractivity contribution in [3.05, 3.63) is 65.0 Å². The second kappa shape index (κ2) is 10.7. The number of hydrogen-bond acceptors (Lipinski definition) is 7. The van der Waals surface area contributed by atoms with Gasteiger partial charge in [-0.15, -0.1) is 0 Å². The summed E-state index contributed by atoms with van der Waals surface area (Å²) in [6.45, 7) is 13.9. The number of piperazine rings is 1. The minimum atomic E-state index is -1.06. The van der Waals surface area contributed by atoms with Gasteiger partial charge in [0.25, 0.3) is 5.91 Å². The van der Waals surface area contributed by atoms with Gasteiger partial charge in [0.05, 0.1) is 10.9 Å². The van der Waals surface area contributed by atoms with Crippen LogP contribution in [0.25, 0.3) is 27.1 Å². The minimum Gasteiger partial charge on any atom is -0.461 e. The summed E-state index contributed by atoms with van der Waals surface area (Å²) in [4.78, 5) is 36.2. The normalized spacial score (nSPS) is 24.7. The number of anilines is 1. The summed E-state index contributed by atoms with van der Waals surface area (Å²) in [5.41, 5.74) is 3.89. The van der Waals surface area contributed by atoms with Crippen LogP contribution in [0.1, 0.15) is 49.1 Å². The third kappa shape index (κ3) is 4.73. The van der Waals surface area contributed by atoms with Crippen LogP contribution in [0, 0.1) is 18.3 Å². The average molecular weight is 612 g/mol. The standard InChI is InChI=1S/C34H35F2N7O2/c1-20(35)32(44)43-13-12-41(18-23(43)17-37-2)31-26-16-27(36)29(24-7-3-6-21-14-22-15-25(22)28(21)24)38-30(26)39-33(40-31)45-19-34-8-4-10-42(34)11-5-9-34/h3,6-7,16,22-23,25H,1,4-5,8-15,17-19H2/t22?,23-,25?/m0/s1. The summed E-state index contributed by atoms with van der Waals surface area (Å²) in [5, 5.41) is 0.429. The Balaban J connectivity index is 1.20. The highest BCUT2D eigenvalue weighted by atomic mass is 19.1. The topological polar surface area (TPSA) is 79.1 Å². The van der Waals surface area contributed by atoms with Crippen LogP contribution in [0.4, 0.5) is 14.6 Å². The highest BCUT2D eigenvalue weighted by Gasteiger charge is 2.47. The summed E-state index contributed by atoms with van der Waals surface area (Å²) in [7, 11) is 0. The van der Waals surface area contributed by atoms with Gasteiger partial charge in [0.15, 0.2) is 11.5 Å². The molecule has 3 atom stereocenters. The van der Waals surface area contributed by atoms with Gasteiger partial charge in [-0.1, -0.05) is 24.8 Å². The van der Waals surface area contributed by atoms with Crippen molar-refractivity contribution in [2.24, 2.45) is 5.92 Å². The monoisotopic (exact) mass is 611 g/mol. The van der Waals surface area contributed by atoms with Gasteiger partial charge in [-0.3, -0.25) is 9.69 Å². The Kier molecular flexibility index (Phi) is 6.75. The number of halogens is 2. The second-order valence-corrected chi connectivity index (χ2v) is 13.3. The molecule has 8 rings (SSSR count). The molecule has 3 aliphatic heterocycles. The molecule has 11 heteroatoms. The largest absolute Gasteiger partial charge is 0.461 e. The maximum absolute atomic E-state index is 16.1. The van der Waals surface area contributed by atoms with Crippen LogP contribution in [0.5, 0.6) is 6.01 Å². The maximum atomic E-state index is 16.1. The number of amides is 1. The van der Waals surface area contributed by atoms with Crippen molar-refractivity contribution in [1.29, 1.82) is 0 Å². The molecule has 9 nitrogen and oxygen atoms in total. The van der Waals surface area contributed by atoms with Crippen molar-refractivity contribution in [2.75, 3.05) is 50.8 Å². The number of fused-ring (bicyclic) bond motifs is 5. The molecule has 5 heterocycles. The number of carbonyl (C=O) groups excluding carboxylic acids is 1. The predicted octanol–water partition coefficient (Wildman–Crippen LogP) is 4.92. The van der Waals surface area contributed by atoms with E-state index in [9.17, 15) is 9.18 Å². The molecule has 0 bridgehead atoms. The first-order chi connectivity index (χ1) is 21.8. The first-order valence-corrected chi connectivity index (χ1v) is 16.0. The first kappa shape index (κ1) is 28.3. The number of carbonyl (C=O) groups is 1. The molecule has 4 fully saturated rings. The zero-order valence-electron chi connectivity index (χ0n) is 25.1. The Morgan fingerprint density at radius 2 is 1.98 bits per heavy atom. The summed E-state index contributed by atoms with van der Waals surface area (Å²) in [6, 6.07) is 7.10. The molecular weight excluding hydrogens is 576 g/mol. The smallest absolute Gasteiger partial charge is 0.320 e. The maximum Gasteiger partial charge on any atom is 0.320 e. The Morgan fingerprint density at radius 3 is 2.76 bits per heavy atom. The van der Waals surface area contributed by atoms with Gasteiger partial charge in [-0.25, -0.2) is 20.3 Å². The van der Waals surface area contributed by atoms with Gasteiger partial charge in [0.1, 0.15) is 30.0 Å². The quantitative estimate of drug-likeness (QED) is 0.277. The van der Waals surface area contributed by atoms with E-state index < -0.39 is 23.6 Å². The van der Waals surface area contributed by atoms with Crippen molar-refractivity contribution in [1.82, 2.24) is 24.8 Å². The second-order valence-electron chi connectivity index (χ2n) is 13.3. The molecule has 0 spiro atoms. The Hall–Kier alpha value is -4.17. The molecule has 1 saturated carbocycles. The molecule has 0 radical (unpaired) electrons. The van der Waals surface area contributed by atoms with E-state index >= 15 is 4.39 Å². The molecular formula is C34H35F2N7O2. The number of benzene rings is 1. The van der Waals surface area contributed by atoms with Gasteiger partial charge >= 0.3 is 6.01 Å². The lowest BCUT2D eigenvalue weighted by molar-refractivity contribution is -0.131. The SMILES string of the molecule is [C-]#[N+]C[C@H]1CN(c2nc(OCC34CCCN3CCC4)nc3nc(-c4cccc5c4C4CC4C5)c(F)cc23)CCN1C(=O)C(=C)F. The highest BCUT2D eigenvalue weighted by Crippen LogP contribution is 2.58. The first-order valence-electron chi connectivity index (χ1n) is 16.0. The molecule has 3 saturated heterocycles. The van der Waals surface area contributed by atoms with E-state index in [1.807, 2.05) is 17.0 Å². The van der Waals surface area contributed by atoms with Crippen LogP contribution < -0.4 is 9.64 Å². The number of ether oxygens (including phenoxy) is 1. The lowest BCUT2D eigenvalue weighted by Crippen LogP contribution is -2.56. The zero-order chi connectivity index (χ0) is 30.9. The van der Waals surface area contributed by atoms with Crippen LogP contribution in [0.15, 0.2) is 36.7 Å². The molecule has 1 aromatic carbocycles. The van der Waals surface area contributed by atoms with E-state index in [2.05, 4.69) is 22.4 Å². The van der Waals surface area contributed by atoms with Crippen molar-refractivity contribution >= 4 is 22.8 Å². The van der Waals surface area contributed by atoms with Crippen LogP contribution in [0.2, 0.25) is 0 Å². The lowest BCUT2D eigenvalue weighted by atomic mass is 9.95. The van der Waals surface area contributed by atoms with Gasteiger partial charge < -0.3 is 19.4 Å². The fourth-order valence-electron chi connectivity index (χ4n) is 8.43. The average Bonchev–Trinajstić information content (AvgIpc) is 3.32. The van der Waals surface area contributed by atoms with Crippen LogP contribution in [-0.2, 0) is 11.2 Å². The Morgan fingerprint density at radius 1 is 1.16 bits per heavy atom. The number of nitrogens with zero attached hydrogens (tertiary/aromatic N) is 7. The van der Waals surface area contributed by atoms with E-state index in [0.29, 0.717) is 41.8 Å². The van der Waals surface area contributed by atoms with E-state index in [-0.39, 0.29) is 36.9 Å². The minimum absolute atomic E-state index is 0.0156. The fourth-order valence-corrected chi connectivity index (χ4v) is 8.43. The molecule has 2 aromatic heterocycles. The Labute approximate surface area is 260 Å². The Bertz CT molecular complexity index is 1760. The zero-order valence-corrected chi connectivity index (χ0v) is 25.1. The summed E-state index contributed by atoms with van der Waals surface area (Å²) in [6.07, 6.45) is 6.57. The lowest BCUT2D eigenvalue weighted by Gasteiger charge is -2.39. The highest BCUT2D eigenvalue weighted by molar-refractivity contribution is 5.92. The molecule has 5 aliphatic rings. The van der Waals surface area contributed by atoms with E-state index in [1.54, 1.807) is 0 Å². The van der Waals surface area contributed by atoms with Gasteiger partial charge in [0.2, 0.25) is 6.54 Å². The molecule has 45 heavy (non-hydrogen) atoms. The molecule has 232 valence electrons. The van der Waals surface area contributed by atoms with Crippen molar-refractivity contribution < 1.29 is 18.3 Å². The van der Waals surface area contributed by atoms with Gasteiger partial charge in [0, 0.05) is 25.2 Å². The summed E-state index contributed by atoms with van der Waals surface area (Å²) in [5.74, 6) is -0.786. The third-order valence-corrected chi connectivity index (χ3v) is 10.7. The number of hydrogen-bond donors (Lipinski definition) is 0. The predicted molar refractivity (Wildman–Crippen MR) is 165 cm³/mol. The van der Waals surface area contributed by atoms with E-state index in [1.165, 1.54) is 22.1 Å². The van der Waals surface area contributed by atoms with Crippen molar-refractivity contribution in [3.8, 4) is 17.3 Å². The van der Waals surface area contributed by atoms with Crippen LogP contribution in [-0.4, -0.2) is 88.1 Å². The van der Waals surface area contributed by atoms with Gasteiger partial charge in [-0.2, -0.15) is 9.97 Å². The third-order valence-electron chi connectivity index (χ3n) is 10.7. The van der Waals surface area contributed by atoms with Crippen LogP contribution >= 0.6 is 0 Å². The number of pyridine rings is 1. The van der Waals surface area contributed by atoms with E-state index in [4.69, 9.17) is 26.3 Å². The van der Waals surface area contributed by atoms with E-state index in [0.717, 1.165) is 57.2 Å². The summed E-state index contributed by atoms with van der Waals surface area (Å²) < 4.78 is 36.3. The molecule has 0 N–H and O–H groups in total.